The van der Waals surface area contributed by atoms with E-state index in [1.54, 1.807) is 25.1 Å². The van der Waals surface area contributed by atoms with Crippen LogP contribution in [0.3, 0.4) is 0 Å². The van der Waals surface area contributed by atoms with Gasteiger partial charge in [0, 0.05) is 18.1 Å². The smallest absolute Gasteiger partial charge is 0.245 e. The number of nitriles is 1. The molecule has 0 spiro atoms. The fourth-order valence-electron chi connectivity index (χ4n) is 3.71. The van der Waals surface area contributed by atoms with Crippen molar-refractivity contribution in [3.05, 3.63) is 53.2 Å². The van der Waals surface area contributed by atoms with Crippen LogP contribution in [0.2, 0.25) is 0 Å². The van der Waals surface area contributed by atoms with Crippen molar-refractivity contribution < 1.29 is 17.9 Å². The molecule has 0 saturated heterocycles. The Morgan fingerprint density at radius 2 is 2.10 bits per heavy atom. The van der Waals surface area contributed by atoms with Crippen LogP contribution in [0.25, 0.3) is 10.9 Å². The Bertz CT molecular complexity index is 1320. The molecule has 1 aliphatic heterocycles. The minimum atomic E-state index is -3.97. The van der Waals surface area contributed by atoms with Gasteiger partial charge in [0.2, 0.25) is 15.9 Å². The van der Waals surface area contributed by atoms with Crippen LogP contribution in [0.1, 0.15) is 23.2 Å². The van der Waals surface area contributed by atoms with E-state index in [2.05, 4.69) is 10.3 Å². The number of hydrogen-bond donors (Lipinski definition) is 2. The summed E-state index contributed by atoms with van der Waals surface area (Å²) in [6.07, 6.45) is 1.79. The summed E-state index contributed by atoms with van der Waals surface area (Å²) < 4.78 is 33.0. The molecule has 1 amide bonds. The van der Waals surface area contributed by atoms with Gasteiger partial charge >= 0.3 is 0 Å². The van der Waals surface area contributed by atoms with Crippen molar-refractivity contribution in [3.8, 4) is 11.8 Å². The lowest BCUT2D eigenvalue weighted by Gasteiger charge is -2.19. The van der Waals surface area contributed by atoms with Gasteiger partial charge < -0.3 is 15.0 Å². The van der Waals surface area contributed by atoms with Crippen LogP contribution in [0.15, 0.2) is 41.3 Å². The van der Waals surface area contributed by atoms with E-state index in [-0.39, 0.29) is 17.1 Å². The van der Waals surface area contributed by atoms with Crippen LogP contribution >= 0.6 is 0 Å². The van der Waals surface area contributed by atoms with Gasteiger partial charge in [-0.15, -0.1) is 0 Å². The van der Waals surface area contributed by atoms with E-state index >= 15 is 0 Å². The first kappa shape index (κ1) is 20.9. The average Bonchev–Trinajstić information content (AvgIpc) is 3.15. The van der Waals surface area contributed by atoms with Crippen molar-refractivity contribution >= 4 is 32.5 Å². The van der Waals surface area contributed by atoms with Crippen LogP contribution in [0.4, 0.5) is 5.69 Å². The molecule has 3 aromatic rings. The number of aromatic nitrogens is 1. The first-order valence-corrected chi connectivity index (χ1v) is 11.3. The number of anilines is 1. The van der Waals surface area contributed by atoms with Crippen molar-refractivity contribution in [1.82, 2.24) is 9.29 Å². The van der Waals surface area contributed by atoms with Gasteiger partial charge in [-0.25, -0.2) is 8.42 Å². The maximum Gasteiger partial charge on any atom is 0.245 e. The molecule has 2 heterocycles. The number of aryl methyl sites for hydroxylation is 2. The third-order valence-corrected chi connectivity index (χ3v) is 7.03. The number of H-pyrrole nitrogens is 1. The van der Waals surface area contributed by atoms with Crippen LogP contribution in [-0.2, 0) is 21.2 Å². The van der Waals surface area contributed by atoms with Crippen LogP contribution in [0, 0.1) is 18.3 Å². The second-order valence-corrected chi connectivity index (χ2v) is 9.62. The lowest BCUT2D eigenvalue weighted by atomic mass is 10.1. The van der Waals surface area contributed by atoms with Crippen molar-refractivity contribution in [3.63, 3.8) is 0 Å². The number of amides is 1. The molecule has 0 atom stereocenters. The molecule has 0 saturated carbocycles. The number of nitrogens with zero attached hydrogens (tertiary/aromatic N) is 2. The number of rotatable bonds is 5. The molecule has 0 aliphatic carbocycles. The number of carbonyl (C=O) groups excluding carboxylic acids is 1. The number of hydrogen-bond acceptors (Lipinski definition) is 5. The monoisotopic (exact) mass is 438 g/mol. The Kier molecular flexibility index (Phi) is 5.43. The van der Waals surface area contributed by atoms with E-state index in [1.165, 1.54) is 13.1 Å². The largest absolute Gasteiger partial charge is 0.493 e. The minimum Gasteiger partial charge on any atom is -0.493 e. The average molecular weight is 439 g/mol. The fourth-order valence-corrected chi connectivity index (χ4v) is 5.10. The van der Waals surface area contributed by atoms with E-state index in [0.717, 1.165) is 34.0 Å². The van der Waals surface area contributed by atoms with Crippen LogP contribution in [-0.4, -0.2) is 43.8 Å². The molecule has 0 radical (unpaired) electrons. The molecule has 0 fully saturated rings. The predicted octanol–water partition coefficient (Wildman–Crippen LogP) is 2.93. The number of nitrogens with one attached hydrogen (secondary N) is 2. The summed E-state index contributed by atoms with van der Waals surface area (Å²) in [5, 5.41) is 12.5. The van der Waals surface area contributed by atoms with Gasteiger partial charge in [-0.1, -0.05) is 0 Å². The number of sulfonamides is 1. The highest BCUT2D eigenvalue weighted by Gasteiger charge is 2.26. The van der Waals surface area contributed by atoms with Gasteiger partial charge in [0.1, 0.15) is 22.4 Å². The predicted molar refractivity (Wildman–Crippen MR) is 116 cm³/mol. The van der Waals surface area contributed by atoms with Gasteiger partial charge in [-0.2, -0.15) is 9.57 Å². The topological polar surface area (TPSA) is 115 Å². The van der Waals surface area contributed by atoms with E-state index in [0.29, 0.717) is 23.2 Å². The summed E-state index contributed by atoms with van der Waals surface area (Å²) in [6, 6.07) is 12.3. The molecular formula is C22H22N4O4S. The van der Waals surface area contributed by atoms with Crippen LogP contribution < -0.4 is 10.1 Å². The Labute approximate surface area is 180 Å². The molecule has 160 valence electrons. The molecule has 2 N–H and O–H groups in total. The number of ether oxygens (including phenoxy) is 1. The van der Waals surface area contributed by atoms with Gasteiger partial charge in [-0.05, 0) is 67.3 Å². The zero-order chi connectivity index (χ0) is 22.2. The molecule has 4 rings (SSSR count). The summed E-state index contributed by atoms with van der Waals surface area (Å²) in [5.41, 5.74) is 2.98. The lowest BCUT2D eigenvalue weighted by molar-refractivity contribution is -0.116. The first-order valence-electron chi connectivity index (χ1n) is 9.83. The second-order valence-electron chi connectivity index (χ2n) is 7.61. The molecule has 1 aliphatic rings. The van der Waals surface area contributed by atoms with Crippen molar-refractivity contribution in [2.45, 2.75) is 24.7 Å². The van der Waals surface area contributed by atoms with Crippen molar-refractivity contribution in [2.75, 3.05) is 25.5 Å². The summed E-state index contributed by atoms with van der Waals surface area (Å²) >= 11 is 0. The first-order chi connectivity index (χ1) is 14.8. The number of carbonyl (C=O) groups is 1. The van der Waals surface area contributed by atoms with E-state index in [1.807, 2.05) is 18.2 Å². The van der Waals surface area contributed by atoms with Gasteiger partial charge in [0.05, 0.1) is 18.7 Å². The molecule has 9 heteroatoms. The molecule has 0 unspecified atom stereocenters. The molecule has 8 nitrogen and oxygen atoms in total. The normalized spacial score (nSPS) is 13.5. The summed E-state index contributed by atoms with van der Waals surface area (Å²) in [6.45, 7) is 2.12. The molecule has 0 bridgehead atoms. The van der Waals surface area contributed by atoms with Gasteiger partial charge in [-0.3, -0.25) is 4.79 Å². The third-order valence-electron chi connectivity index (χ3n) is 5.20. The highest BCUT2D eigenvalue weighted by molar-refractivity contribution is 7.89. The highest BCUT2D eigenvalue weighted by Crippen LogP contribution is 2.29. The highest BCUT2D eigenvalue weighted by atomic mass is 32.2. The summed E-state index contributed by atoms with van der Waals surface area (Å²) in [7, 11) is -2.61. The van der Waals surface area contributed by atoms with Gasteiger partial charge in [0.15, 0.2) is 0 Å². The second kappa shape index (κ2) is 8.06. The van der Waals surface area contributed by atoms with E-state index < -0.39 is 15.9 Å². The Hall–Kier alpha value is -3.35. The molecular weight excluding hydrogens is 416 g/mol. The Morgan fingerprint density at radius 1 is 1.29 bits per heavy atom. The Balaban J connectivity index is 1.55. The van der Waals surface area contributed by atoms with Crippen molar-refractivity contribution in [2.24, 2.45) is 0 Å². The third kappa shape index (κ3) is 4.13. The number of benzene rings is 2. The number of aromatic amines is 1. The standard InChI is InChI=1S/C22H22N4O4S/c1-14-8-16-11-18(12-23)25-22(16)20(9-14)31(28,29)26(2)13-21(27)24-17-5-6-19-15(10-17)4-3-7-30-19/h5-6,8-11,25H,3-4,7,13H2,1-2H3,(H,24,27). The van der Waals surface area contributed by atoms with Gasteiger partial charge in [0.25, 0.3) is 0 Å². The maximum absolute atomic E-state index is 13.2. The lowest BCUT2D eigenvalue weighted by Crippen LogP contribution is -2.35. The quantitative estimate of drug-likeness (QED) is 0.636. The zero-order valence-corrected chi connectivity index (χ0v) is 18.0. The fraction of sp³-hybridized carbons (Fsp3) is 0.273. The van der Waals surface area contributed by atoms with E-state index in [4.69, 9.17) is 10.00 Å². The minimum absolute atomic E-state index is 0.0326. The number of fused-ring (bicyclic) bond motifs is 2. The zero-order valence-electron chi connectivity index (χ0n) is 17.2. The summed E-state index contributed by atoms with van der Waals surface area (Å²) in [4.78, 5) is 15.4. The molecule has 2 aromatic carbocycles. The summed E-state index contributed by atoms with van der Waals surface area (Å²) in [5.74, 6) is 0.367. The van der Waals surface area contributed by atoms with Crippen molar-refractivity contribution in [1.29, 1.82) is 5.26 Å². The van der Waals surface area contributed by atoms with Crippen LogP contribution in [0.5, 0.6) is 5.75 Å². The maximum atomic E-state index is 13.2. The SMILES string of the molecule is Cc1cc(S(=O)(=O)N(C)CC(=O)Nc2ccc3c(c2)CCCO3)c2[nH]c(C#N)cc2c1. The molecule has 1 aromatic heterocycles. The number of likely N-dealkylation sites (N-methyl/N-ethyl adjacent to an activating group) is 1. The molecule has 31 heavy (non-hydrogen) atoms. The van der Waals surface area contributed by atoms with E-state index in [9.17, 15) is 13.2 Å². The Morgan fingerprint density at radius 3 is 2.87 bits per heavy atom.